The third kappa shape index (κ3) is 3.09. The van der Waals surface area contributed by atoms with Crippen LogP contribution in [0.25, 0.3) is 0 Å². The van der Waals surface area contributed by atoms with Crippen molar-refractivity contribution in [3.05, 3.63) is 72.3 Å². The zero-order valence-electron chi connectivity index (χ0n) is 18.8. The Labute approximate surface area is 198 Å². The molecule has 0 unspecified atom stereocenters. The maximum absolute atomic E-state index is 14.1. The third-order valence-corrected chi connectivity index (χ3v) is 7.59. The summed E-state index contributed by atoms with van der Waals surface area (Å²) in [5.41, 5.74) is 1.70. The van der Waals surface area contributed by atoms with Crippen LogP contribution in [0.3, 0.4) is 0 Å². The Morgan fingerprint density at radius 1 is 1.06 bits per heavy atom. The molecule has 6 nitrogen and oxygen atoms in total. The van der Waals surface area contributed by atoms with Crippen molar-refractivity contribution in [2.24, 2.45) is 11.8 Å². The predicted octanol–water partition coefficient (Wildman–Crippen LogP) is 3.34. The van der Waals surface area contributed by atoms with Crippen molar-refractivity contribution in [2.45, 2.75) is 24.9 Å². The van der Waals surface area contributed by atoms with E-state index in [4.69, 9.17) is 0 Å². The fourth-order valence-corrected chi connectivity index (χ4v) is 6.19. The lowest BCUT2D eigenvalue weighted by molar-refractivity contribution is -0.132. The number of nitrogens with zero attached hydrogens (tertiary/aromatic N) is 2. The molecule has 1 spiro atoms. The summed E-state index contributed by atoms with van der Waals surface area (Å²) in [5, 5.41) is 3.54. The van der Waals surface area contributed by atoms with E-state index < -0.39 is 17.4 Å². The second-order valence-electron chi connectivity index (χ2n) is 9.06. The molecule has 170 valence electrons. The van der Waals surface area contributed by atoms with Gasteiger partial charge in [0.1, 0.15) is 5.54 Å². The summed E-state index contributed by atoms with van der Waals surface area (Å²) < 4.78 is 0. The number of amides is 3. The van der Waals surface area contributed by atoms with Gasteiger partial charge in [-0.2, -0.15) is 11.8 Å². The number of hydrogen-bond donors (Lipinski definition) is 1. The normalized spacial score (nSPS) is 28.1. The van der Waals surface area contributed by atoms with Crippen molar-refractivity contribution in [1.29, 1.82) is 0 Å². The Kier molecular flexibility index (Phi) is 5.41. The Bertz CT molecular complexity index is 1150. The largest absolute Gasteiger partial charge is 0.306 e. The predicted molar refractivity (Wildman–Crippen MR) is 131 cm³/mol. The first-order valence-electron chi connectivity index (χ1n) is 11.2. The molecular formula is C26H27N3O3S. The van der Waals surface area contributed by atoms with E-state index in [2.05, 4.69) is 11.9 Å². The van der Waals surface area contributed by atoms with E-state index in [1.165, 1.54) is 4.90 Å². The highest BCUT2D eigenvalue weighted by Crippen LogP contribution is 2.55. The summed E-state index contributed by atoms with van der Waals surface area (Å²) >= 11 is 1.69. The third-order valence-electron chi connectivity index (χ3n) is 6.94. The van der Waals surface area contributed by atoms with E-state index >= 15 is 0 Å². The smallest absolute Gasteiger partial charge is 0.253 e. The van der Waals surface area contributed by atoms with E-state index in [0.29, 0.717) is 18.7 Å². The molecule has 7 heteroatoms. The van der Waals surface area contributed by atoms with Crippen molar-refractivity contribution in [2.75, 3.05) is 28.4 Å². The van der Waals surface area contributed by atoms with Gasteiger partial charge in [0.15, 0.2) is 0 Å². The van der Waals surface area contributed by atoms with Crippen LogP contribution >= 0.6 is 11.8 Å². The summed E-state index contributed by atoms with van der Waals surface area (Å²) in [6.45, 7) is 6.25. The quantitative estimate of drug-likeness (QED) is 0.528. The summed E-state index contributed by atoms with van der Waals surface area (Å²) in [4.78, 5) is 44.8. The molecule has 0 saturated carbocycles. The number of thioether (sulfide) groups is 1. The number of fused-ring (bicyclic) bond motifs is 4. The van der Waals surface area contributed by atoms with Gasteiger partial charge in [-0.15, -0.1) is 0 Å². The first kappa shape index (κ1) is 21.9. The fourth-order valence-electron chi connectivity index (χ4n) is 5.70. The lowest BCUT2D eigenvalue weighted by Gasteiger charge is -2.30. The standard InChI is InChI=1S/C26H27N3O3S/c1-16(2)15-28-20-12-8-7-11-18(20)26(25(28)32)22-21(19(27-26)13-14-33-3)23(30)29(24(22)31)17-9-5-4-6-10-17/h4-12,19,21-22,27H,1,13-15H2,2-3H3/t19-,21+,22+,26+/m0/s1. The van der Waals surface area contributed by atoms with E-state index in [-0.39, 0.29) is 23.8 Å². The fraction of sp³-hybridized carbons (Fsp3) is 0.346. The van der Waals surface area contributed by atoms with Gasteiger partial charge in [-0.3, -0.25) is 19.7 Å². The number of imide groups is 1. The van der Waals surface area contributed by atoms with Crippen molar-refractivity contribution < 1.29 is 14.4 Å². The monoisotopic (exact) mass is 461 g/mol. The van der Waals surface area contributed by atoms with E-state index in [1.807, 2.05) is 55.6 Å². The molecule has 0 radical (unpaired) electrons. The van der Waals surface area contributed by atoms with Gasteiger partial charge in [-0.05, 0) is 43.6 Å². The van der Waals surface area contributed by atoms with Crippen molar-refractivity contribution in [3.8, 4) is 0 Å². The maximum Gasteiger partial charge on any atom is 0.253 e. The molecular weight excluding hydrogens is 434 g/mol. The van der Waals surface area contributed by atoms with Crippen LogP contribution in [0.4, 0.5) is 11.4 Å². The molecule has 33 heavy (non-hydrogen) atoms. The second-order valence-corrected chi connectivity index (χ2v) is 10.0. The maximum atomic E-state index is 14.1. The molecule has 3 aliphatic heterocycles. The topological polar surface area (TPSA) is 69.7 Å². The number of nitrogens with one attached hydrogen (secondary N) is 1. The van der Waals surface area contributed by atoms with E-state index in [0.717, 1.165) is 22.6 Å². The summed E-state index contributed by atoms with van der Waals surface area (Å²) in [6, 6.07) is 16.4. The summed E-state index contributed by atoms with van der Waals surface area (Å²) in [7, 11) is 0. The molecule has 2 aromatic carbocycles. The molecule has 2 fully saturated rings. The van der Waals surface area contributed by atoms with Crippen LogP contribution in [0, 0.1) is 11.8 Å². The number of anilines is 2. The van der Waals surface area contributed by atoms with Crippen LogP contribution in [0.5, 0.6) is 0 Å². The number of benzene rings is 2. The summed E-state index contributed by atoms with van der Waals surface area (Å²) in [5.74, 6) is -1.27. The molecule has 3 heterocycles. The average Bonchev–Trinajstić information content (AvgIpc) is 3.37. The Hall–Kier alpha value is -2.90. The molecule has 5 rings (SSSR count). The van der Waals surface area contributed by atoms with Crippen LogP contribution in [0.2, 0.25) is 0 Å². The average molecular weight is 462 g/mol. The van der Waals surface area contributed by atoms with E-state index in [9.17, 15) is 14.4 Å². The SMILES string of the molecule is C=C(C)CN1C(=O)[C@@]2(N[C@@H](CCSC)[C@H]3C(=O)N(c4ccccc4)C(=O)[C@@H]32)c2ccccc21. The van der Waals surface area contributed by atoms with Crippen LogP contribution in [0.15, 0.2) is 66.7 Å². The van der Waals surface area contributed by atoms with Crippen LogP contribution < -0.4 is 15.1 Å². The van der Waals surface area contributed by atoms with Gasteiger partial charge in [0.2, 0.25) is 11.8 Å². The zero-order chi connectivity index (χ0) is 23.3. The molecule has 3 amide bonds. The van der Waals surface area contributed by atoms with Crippen molar-refractivity contribution >= 4 is 40.9 Å². The minimum absolute atomic E-state index is 0.176. The van der Waals surface area contributed by atoms with Crippen LogP contribution in [-0.2, 0) is 19.9 Å². The Morgan fingerprint density at radius 3 is 2.45 bits per heavy atom. The van der Waals surface area contributed by atoms with Crippen molar-refractivity contribution in [1.82, 2.24) is 5.32 Å². The van der Waals surface area contributed by atoms with Gasteiger partial charge in [0.25, 0.3) is 5.91 Å². The minimum atomic E-state index is -1.25. The number of rotatable bonds is 6. The second kappa shape index (κ2) is 8.15. The highest BCUT2D eigenvalue weighted by Gasteiger charge is 2.71. The Balaban J connectivity index is 1.67. The van der Waals surface area contributed by atoms with E-state index in [1.54, 1.807) is 28.8 Å². The lowest BCUT2D eigenvalue weighted by atomic mass is 9.76. The van der Waals surface area contributed by atoms with Crippen molar-refractivity contribution in [3.63, 3.8) is 0 Å². The number of carbonyl (C=O) groups excluding carboxylic acids is 3. The number of hydrogen-bond acceptors (Lipinski definition) is 5. The molecule has 0 bridgehead atoms. The van der Waals surface area contributed by atoms with Crippen LogP contribution in [-0.4, -0.2) is 42.3 Å². The summed E-state index contributed by atoms with van der Waals surface area (Å²) in [6.07, 6.45) is 2.71. The van der Waals surface area contributed by atoms with Gasteiger partial charge >= 0.3 is 0 Å². The Morgan fingerprint density at radius 2 is 1.76 bits per heavy atom. The van der Waals surface area contributed by atoms with Gasteiger partial charge in [0, 0.05) is 23.8 Å². The minimum Gasteiger partial charge on any atom is -0.306 e. The highest BCUT2D eigenvalue weighted by atomic mass is 32.2. The first-order chi connectivity index (χ1) is 15.9. The number of carbonyl (C=O) groups is 3. The molecule has 0 aromatic heterocycles. The molecule has 2 saturated heterocycles. The molecule has 4 atom stereocenters. The van der Waals surface area contributed by atoms with Gasteiger partial charge in [-0.25, -0.2) is 4.90 Å². The van der Waals surface area contributed by atoms with Gasteiger partial charge in [0.05, 0.1) is 17.5 Å². The van der Waals surface area contributed by atoms with Gasteiger partial charge in [-0.1, -0.05) is 48.6 Å². The molecule has 2 aromatic rings. The molecule has 3 aliphatic rings. The number of para-hydroxylation sites is 2. The molecule has 1 N–H and O–H groups in total. The first-order valence-corrected chi connectivity index (χ1v) is 12.6. The lowest BCUT2D eigenvalue weighted by Crippen LogP contribution is -2.55. The zero-order valence-corrected chi connectivity index (χ0v) is 19.6. The van der Waals surface area contributed by atoms with Crippen LogP contribution in [0.1, 0.15) is 18.9 Å². The highest BCUT2D eigenvalue weighted by molar-refractivity contribution is 7.98. The van der Waals surface area contributed by atoms with Gasteiger partial charge < -0.3 is 4.90 Å². The molecule has 0 aliphatic carbocycles.